The van der Waals surface area contributed by atoms with Gasteiger partial charge in [0.15, 0.2) is 0 Å². The summed E-state index contributed by atoms with van der Waals surface area (Å²) in [5.41, 5.74) is 11.4. The number of para-hydroxylation sites is 2. The van der Waals surface area contributed by atoms with Gasteiger partial charge in [0.25, 0.3) is 0 Å². The number of fused-ring (bicyclic) bond motifs is 2. The molecule has 4 aromatic carbocycles. The average molecular weight is 811 g/mol. The number of phenols is 1. The molecule has 3 aromatic heterocycles. The fourth-order valence-corrected chi connectivity index (χ4v) is 6.23. The summed E-state index contributed by atoms with van der Waals surface area (Å²) >= 11 is 0. The van der Waals surface area contributed by atoms with Crippen LogP contribution in [0.3, 0.4) is 0 Å². The molecule has 7 rings (SSSR count). The minimum atomic E-state index is -0.0479. The molecular formula is C42H39N4OPt-. The molecule has 0 bridgehead atoms. The minimum Gasteiger partial charge on any atom is -0.507 e. The molecule has 1 N–H and O–H groups in total. The second-order valence-corrected chi connectivity index (χ2v) is 14.4. The van der Waals surface area contributed by atoms with Crippen molar-refractivity contribution in [1.82, 2.24) is 19.5 Å². The summed E-state index contributed by atoms with van der Waals surface area (Å²) in [6, 6.07) is 34.4. The quantitative estimate of drug-likeness (QED) is 0.180. The summed E-state index contributed by atoms with van der Waals surface area (Å²) in [6.07, 6.45) is 3.71. The first-order chi connectivity index (χ1) is 22.4. The molecule has 244 valence electrons. The van der Waals surface area contributed by atoms with Crippen molar-refractivity contribution in [3.63, 3.8) is 0 Å². The maximum Gasteiger partial charge on any atom is 0.123 e. The number of imidazole rings is 1. The number of pyridine rings is 2. The zero-order valence-corrected chi connectivity index (χ0v) is 30.6. The minimum absolute atomic E-state index is 0. The van der Waals surface area contributed by atoms with Gasteiger partial charge in [0.1, 0.15) is 5.75 Å². The summed E-state index contributed by atoms with van der Waals surface area (Å²) in [4.78, 5) is 15.0. The maximum absolute atomic E-state index is 10.8. The summed E-state index contributed by atoms with van der Waals surface area (Å²) in [5, 5.41) is 12.0. The van der Waals surface area contributed by atoms with E-state index in [-0.39, 0.29) is 37.6 Å². The Labute approximate surface area is 297 Å². The zero-order valence-electron chi connectivity index (χ0n) is 28.4. The SMILES string of the molecule is Cc1ccnc2c(-c3[c-]c(-c4nc5c(-c6ccccc6O)cccc5n4-c4ccc(C(C)(C)C)cc4)ncc3)cc(C(C)(C)C)cc12.[Pt]. The molecule has 0 radical (unpaired) electrons. The van der Waals surface area contributed by atoms with Crippen LogP contribution in [0.4, 0.5) is 0 Å². The third kappa shape index (κ3) is 5.97. The van der Waals surface area contributed by atoms with Crippen molar-refractivity contribution in [2.24, 2.45) is 0 Å². The Bertz CT molecular complexity index is 2290. The Balaban J connectivity index is 0.00000401. The Morgan fingerprint density at radius 3 is 2.06 bits per heavy atom. The van der Waals surface area contributed by atoms with Crippen molar-refractivity contribution >= 4 is 21.9 Å². The first-order valence-corrected chi connectivity index (χ1v) is 16.1. The van der Waals surface area contributed by atoms with Gasteiger partial charge in [-0.15, -0.1) is 17.7 Å². The van der Waals surface area contributed by atoms with Crippen LogP contribution in [0.5, 0.6) is 5.75 Å². The van der Waals surface area contributed by atoms with Gasteiger partial charge in [-0.2, -0.15) is 0 Å². The predicted octanol–water partition coefficient (Wildman–Crippen LogP) is 10.4. The molecule has 0 saturated heterocycles. The van der Waals surface area contributed by atoms with Gasteiger partial charge in [0, 0.05) is 55.3 Å². The molecule has 0 aliphatic rings. The zero-order chi connectivity index (χ0) is 33.1. The molecule has 0 fully saturated rings. The molecule has 0 aliphatic heterocycles. The monoisotopic (exact) mass is 810 g/mol. The summed E-state index contributed by atoms with van der Waals surface area (Å²) in [7, 11) is 0. The smallest absolute Gasteiger partial charge is 0.123 e. The van der Waals surface area contributed by atoms with E-state index < -0.39 is 0 Å². The summed E-state index contributed by atoms with van der Waals surface area (Å²) in [6.45, 7) is 15.5. The van der Waals surface area contributed by atoms with Crippen LogP contribution < -0.4 is 0 Å². The van der Waals surface area contributed by atoms with Crippen molar-refractivity contribution in [2.45, 2.75) is 59.3 Å². The molecule has 6 heteroatoms. The van der Waals surface area contributed by atoms with Gasteiger partial charge in [-0.05, 0) is 70.8 Å². The van der Waals surface area contributed by atoms with E-state index >= 15 is 0 Å². The molecule has 0 atom stereocenters. The third-order valence-corrected chi connectivity index (χ3v) is 9.00. The molecule has 48 heavy (non-hydrogen) atoms. The number of hydrogen-bond acceptors (Lipinski definition) is 4. The standard InChI is InChI=1S/C42H39N4O.Pt/c1-26-19-21-44-38-33(26)24-29(42(5,6)7)25-34(38)27-20-22-43-35(23-27)40-45-39-32(31-11-8-9-14-37(31)47)12-10-13-36(39)46(40)30-17-15-28(16-18-30)41(2,3)4;/h8-22,24-25,47H,1-7H3;/q-1;. The van der Waals surface area contributed by atoms with E-state index in [0.717, 1.165) is 49.9 Å². The van der Waals surface area contributed by atoms with Crippen molar-refractivity contribution in [3.8, 4) is 45.2 Å². The molecular weight excluding hydrogens is 772 g/mol. The molecule has 0 aliphatic carbocycles. The third-order valence-electron chi connectivity index (χ3n) is 9.00. The Morgan fingerprint density at radius 2 is 1.35 bits per heavy atom. The fraction of sp³-hybridized carbons (Fsp3) is 0.214. The molecule has 5 nitrogen and oxygen atoms in total. The number of hydrogen-bond donors (Lipinski definition) is 1. The van der Waals surface area contributed by atoms with Crippen molar-refractivity contribution in [3.05, 3.63) is 126 Å². The van der Waals surface area contributed by atoms with E-state index in [2.05, 4.69) is 108 Å². The predicted molar refractivity (Wildman–Crippen MR) is 193 cm³/mol. The van der Waals surface area contributed by atoms with Crippen LogP contribution in [0.2, 0.25) is 0 Å². The first-order valence-electron chi connectivity index (χ1n) is 16.1. The summed E-state index contributed by atoms with van der Waals surface area (Å²) in [5.74, 6) is 0.888. The van der Waals surface area contributed by atoms with E-state index in [9.17, 15) is 5.11 Å². The number of rotatable bonds is 4. The average Bonchev–Trinajstić information content (AvgIpc) is 3.44. The molecule has 7 aromatic rings. The van der Waals surface area contributed by atoms with Gasteiger partial charge in [-0.3, -0.25) is 15.0 Å². The van der Waals surface area contributed by atoms with Gasteiger partial charge in [0.05, 0.1) is 16.9 Å². The van der Waals surface area contributed by atoms with E-state index in [1.54, 1.807) is 6.07 Å². The molecule has 3 heterocycles. The van der Waals surface area contributed by atoms with Crippen LogP contribution in [-0.2, 0) is 31.9 Å². The van der Waals surface area contributed by atoms with Gasteiger partial charge < -0.3 is 9.67 Å². The van der Waals surface area contributed by atoms with Crippen molar-refractivity contribution in [2.75, 3.05) is 0 Å². The van der Waals surface area contributed by atoms with Crippen molar-refractivity contribution < 1.29 is 26.2 Å². The van der Waals surface area contributed by atoms with E-state index in [1.807, 2.05) is 48.8 Å². The number of aromatic hydroxyl groups is 1. The van der Waals surface area contributed by atoms with Crippen LogP contribution in [0.1, 0.15) is 58.2 Å². The number of nitrogens with zero attached hydrogens (tertiary/aromatic N) is 4. The second kappa shape index (κ2) is 12.4. The number of aromatic nitrogens is 4. The van der Waals surface area contributed by atoms with Crippen LogP contribution in [0.15, 0.2) is 103 Å². The van der Waals surface area contributed by atoms with Crippen molar-refractivity contribution in [1.29, 1.82) is 0 Å². The normalized spacial score (nSPS) is 12.0. The van der Waals surface area contributed by atoms with Crippen LogP contribution in [-0.4, -0.2) is 24.6 Å². The van der Waals surface area contributed by atoms with Crippen LogP contribution in [0, 0.1) is 13.0 Å². The molecule has 0 unspecified atom stereocenters. The number of phenolic OH excluding ortho intramolecular Hbond substituents is 1. The molecule has 0 amide bonds. The van der Waals surface area contributed by atoms with Gasteiger partial charge in [-0.1, -0.05) is 107 Å². The first kappa shape index (κ1) is 33.3. The van der Waals surface area contributed by atoms with E-state index in [1.165, 1.54) is 16.7 Å². The molecule has 0 spiro atoms. The topological polar surface area (TPSA) is 63.8 Å². The van der Waals surface area contributed by atoms with E-state index in [4.69, 9.17) is 15.0 Å². The van der Waals surface area contributed by atoms with Gasteiger partial charge in [0.2, 0.25) is 0 Å². The molecule has 0 saturated carbocycles. The van der Waals surface area contributed by atoms with Gasteiger partial charge in [-0.25, -0.2) is 0 Å². The van der Waals surface area contributed by atoms with Crippen LogP contribution in [0.25, 0.3) is 61.4 Å². The second-order valence-electron chi connectivity index (χ2n) is 14.4. The Kier molecular flexibility index (Phi) is 8.64. The van der Waals surface area contributed by atoms with Crippen LogP contribution >= 0.6 is 0 Å². The summed E-state index contributed by atoms with van der Waals surface area (Å²) < 4.78 is 2.15. The Morgan fingerprint density at radius 1 is 0.667 bits per heavy atom. The largest absolute Gasteiger partial charge is 0.507 e. The maximum atomic E-state index is 10.8. The Hall–Kier alpha value is -4.60. The van der Waals surface area contributed by atoms with E-state index in [0.29, 0.717) is 11.5 Å². The number of benzene rings is 4. The number of aryl methyl sites for hydroxylation is 1. The van der Waals surface area contributed by atoms with Gasteiger partial charge >= 0.3 is 0 Å². The fourth-order valence-electron chi connectivity index (χ4n) is 6.23.